The van der Waals surface area contributed by atoms with Crippen molar-refractivity contribution >= 4 is 0 Å². The van der Waals surface area contributed by atoms with Crippen LogP contribution in [0.5, 0.6) is 0 Å². The lowest BCUT2D eigenvalue weighted by Crippen LogP contribution is -2.51. The average molecular weight is 186 g/mol. The third-order valence-corrected chi connectivity index (χ3v) is 2.28. The fourth-order valence-electron chi connectivity index (χ4n) is 1.46. The van der Waals surface area contributed by atoms with Gasteiger partial charge in [-0.3, -0.25) is 4.84 Å². The van der Waals surface area contributed by atoms with Crippen LogP contribution < -0.4 is 10.8 Å². The summed E-state index contributed by atoms with van der Waals surface area (Å²) in [4.78, 5) is 5.55. The summed E-state index contributed by atoms with van der Waals surface area (Å²) >= 11 is 0. The summed E-state index contributed by atoms with van der Waals surface area (Å²) < 4.78 is 0. The summed E-state index contributed by atoms with van der Waals surface area (Å²) in [7, 11) is 0. The van der Waals surface area contributed by atoms with E-state index < -0.39 is 0 Å². The van der Waals surface area contributed by atoms with Crippen molar-refractivity contribution in [1.29, 1.82) is 0 Å². The summed E-state index contributed by atoms with van der Waals surface area (Å²) in [6.45, 7) is 9.50. The predicted octanol–water partition coefficient (Wildman–Crippen LogP) is 1.45. The van der Waals surface area contributed by atoms with Crippen molar-refractivity contribution < 1.29 is 4.84 Å². The van der Waals surface area contributed by atoms with E-state index in [0.29, 0.717) is 12.1 Å². The molecule has 2 N–H and O–H groups in total. The van der Waals surface area contributed by atoms with Gasteiger partial charge in [0.05, 0.1) is 5.60 Å². The first-order valence-electron chi connectivity index (χ1n) is 5.16. The van der Waals surface area contributed by atoms with Gasteiger partial charge in [0.25, 0.3) is 0 Å². The Morgan fingerprint density at radius 2 is 2.08 bits per heavy atom. The van der Waals surface area contributed by atoms with Crippen LogP contribution in [-0.4, -0.2) is 24.2 Å². The van der Waals surface area contributed by atoms with Crippen LogP contribution in [0.25, 0.3) is 0 Å². The van der Waals surface area contributed by atoms with E-state index >= 15 is 0 Å². The quantitative estimate of drug-likeness (QED) is 0.640. The van der Waals surface area contributed by atoms with Crippen molar-refractivity contribution in [3.63, 3.8) is 0 Å². The van der Waals surface area contributed by atoms with E-state index in [1.165, 1.54) is 12.8 Å². The van der Waals surface area contributed by atoms with Crippen molar-refractivity contribution in [2.45, 2.75) is 58.2 Å². The summed E-state index contributed by atoms with van der Waals surface area (Å²) in [5, 5.41) is 3.43. The highest BCUT2D eigenvalue weighted by Crippen LogP contribution is 2.11. The zero-order chi connectivity index (χ0) is 9.90. The minimum atomic E-state index is -0.100. The SMILES string of the molecule is CC1NCCCC1NOC(C)(C)C. The molecule has 1 saturated heterocycles. The Morgan fingerprint density at radius 1 is 1.38 bits per heavy atom. The van der Waals surface area contributed by atoms with Crippen molar-refractivity contribution in [2.24, 2.45) is 0 Å². The number of hydroxylamine groups is 1. The molecule has 13 heavy (non-hydrogen) atoms. The van der Waals surface area contributed by atoms with Crippen LogP contribution in [0.3, 0.4) is 0 Å². The second-order valence-electron chi connectivity index (χ2n) is 4.82. The van der Waals surface area contributed by atoms with Crippen molar-refractivity contribution in [1.82, 2.24) is 10.8 Å². The summed E-state index contributed by atoms with van der Waals surface area (Å²) in [5.41, 5.74) is 3.05. The van der Waals surface area contributed by atoms with E-state index in [1.807, 2.05) is 0 Å². The van der Waals surface area contributed by atoms with E-state index in [1.54, 1.807) is 0 Å². The van der Waals surface area contributed by atoms with Gasteiger partial charge in [0, 0.05) is 12.1 Å². The fraction of sp³-hybridized carbons (Fsp3) is 1.00. The molecule has 78 valence electrons. The number of nitrogens with one attached hydrogen (secondary N) is 2. The topological polar surface area (TPSA) is 33.3 Å². The van der Waals surface area contributed by atoms with Crippen LogP contribution in [0, 0.1) is 0 Å². The maximum Gasteiger partial charge on any atom is 0.0813 e. The zero-order valence-corrected chi connectivity index (χ0v) is 9.18. The molecule has 0 aromatic carbocycles. The van der Waals surface area contributed by atoms with Crippen LogP contribution in [0.1, 0.15) is 40.5 Å². The molecule has 1 aliphatic heterocycles. The normalized spacial score (nSPS) is 30.5. The molecule has 2 atom stereocenters. The van der Waals surface area contributed by atoms with Gasteiger partial charge in [-0.15, -0.1) is 0 Å². The van der Waals surface area contributed by atoms with Gasteiger partial charge in [0.15, 0.2) is 0 Å². The molecule has 0 saturated carbocycles. The average Bonchev–Trinajstić information content (AvgIpc) is 2.01. The lowest BCUT2D eigenvalue weighted by Gasteiger charge is -2.32. The van der Waals surface area contributed by atoms with Crippen molar-refractivity contribution in [2.75, 3.05) is 6.54 Å². The molecule has 1 heterocycles. The fourth-order valence-corrected chi connectivity index (χ4v) is 1.46. The molecule has 3 heteroatoms. The van der Waals surface area contributed by atoms with Crippen LogP contribution in [0.15, 0.2) is 0 Å². The third kappa shape index (κ3) is 4.07. The smallest absolute Gasteiger partial charge is 0.0813 e. The van der Waals surface area contributed by atoms with Crippen LogP contribution in [0.2, 0.25) is 0 Å². The van der Waals surface area contributed by atoms with Gasteiger partial charge in [-0.25, -0.2) is 0 Å². The molecule has 3 nitrogen and oxygen atoms in total. The van der Waals surface area contributed by atoms with Crippen LogP contribution in [0.4, 0.5) is 0 Å². The minimum absolute atomic E-state index is 0.100. The largest absolute Gasteiger partial charge is 0.313 e. The standard InChI is InChI=1S/C10H22N2O/c1-8-9(6-5-7-11-8)12-13-10(2,3)4/h8-9,11-12H,5-7H2,1-4H3. The maximum atomic E-state index is 5.55. The lowest BCUT2D eigenvalue weighted by molar-refractivity contribution is -0.0955. The van der Waals surface area contributed by atoms with Gasteiger partial charge >= 0.3 is 0 Å². The van der Waals surface area contributed by atoms with Crippen molar-refractivity contribution in [3.05, 3.63) is 0 Å². The third-order valence-electron chi connectivity index (χ3n) is 2.28. The zero-order valence-electron chi connectivity index (χ0n) is 9.18. The number of hydrogen-bond donors (Lipinski definition) is 2. The Labute approximate surface area is 81.2 Å². The van der Waals surface area contributed by atoms with Gasteiger partial charge in [-0.05, 0) is 47.1 Å². The molecule has 1 aliphatic rings. The summed E-state index contributed by atoms with van der Waals surface area (Å²) in [6.07, 6.45) is 2.43. The van der Waals surface area contributed by atoms with Gasteiger partial charge in [0.2, 0.25) is 0 Å². The van der Waals surface area contributed by atoms with Crippen LogP contribution >= 0.6 is 0 Å². The Kier molecular flexibility index (Phi) is 3.71. The Morgan fingerprint density at radius 3 is 2.62 bits per heavy atom. The van der Waals surface area contributed by atoms with E-state index in [2.05, 4.69) is 38.5 Å². The Balaban J connectivity index is 2.27. The highest BCUT2D eigenvalue weighted by atomic mass is 16.7. The number of piperidine rings is 1. The van der Waals surface area contributed by atoms with Gasteiger partial charge in [-0.1, -0.05) is 0 Å². The first-order chi connectivity index (χ1) is 5.99. The first-order valence-corrected chi connectivity index (χ1v) is 5.16. The van der Waals surface area contributed by atoms with E-state index in [9.17, 15) is 0 Å². The minimum Gasteiger partial charge on any atom is -0.313 e. The van der Waals surface area contributed by atoms with Crippen molar-refractivity contribution in [3.8, 4) is 0 Å². The highest BCUT2D eigenvalue weighted by Gasteiger charge is 2.22. The Hall–Kier alpha value is -0.120. The van der Waals surface area contributed by atoms with Gasteiger partial charge in [-0.2, -0.15) is 5.48 Å². The maximum absolute atomic E-state index is 5.55. The molecule has 0 bridgehead atoms. The molecule has 0 aromatic rings. The summed E-state index contributed by atoms with van der Waals surface area (Å²) in [5.74, 6) is 0. The molecule has 0 aliphatic carbocycles. The molecular formula is C10H22N2O. The summed E-state index contributed by atoms with van der Waals surface area (Å²) in [6, 6.07) is 0.962. The van der Waals surface area contributed by atoms with Crippen LogP contribution in [-0.2, 0) is 4.84 Å². The monoisotopic (exact) mass is 186 g/mol. The molecular weight excluding hydrogens is 164 g/mol. The predicted molar refractivity (Wildman–Crippen MR) is 54.5 cm³/mol. The number of rotatable bonds is 2. The number of hydrogen-bond acceptors (Lipinski definition) is 3. The molecule has 0 radical (unpaired) electrons. The lowest BCUT2D eigenvalue weighted by atomic mass is 10.0. The van der Waals surface area contributed by atoms with Gasteiger partial charge < -0.3 is 5.32 Å². The first kappa shape index (κ1) is 11.0. The molecule has 0 spiro atoms. The molecule has 0 amide bonds. The highest BCUT2D eigenvalue weighted by molar-refractivity contribution is 4.81. The molecule has 1 fully saturated rings. The molecule has 0 aromatic heterocycles. The second kappa shape index (κ2) is 4.40. The van der Waals surface area contributed by atoms with E-state index in [0.717, 1.165) is 6.54 Å². The Bertz CT molecular complexity index is 153. The molecule has 2 unspecified atom stereocenters. The van der Waals surface area contributed by atoms with E-state index in [4.69, 9.17) is 4.84 Å². The molecule has 1 rings (SSSR count). The second-order valence-corrected chi connectivity index (χ2v) is 4.82. The van der Waals surface area contributed by atoms with Gasteiger partial charge in [0.1, 0.15) is 0 Å². The van der Waals surface area contributed by atoms with E-state index in [-0.39, 0.29) is 5.60 Å².